The van der Waals surface area contributed by atoms with Gasteiger partial charge in [-0.1, -0.05) is 41.4 Å². The first-order valence-corrected chi connectivity index (χ1v) is 6.79. The Bertz CT molecular complexity index is 687. The van der Waals surface area contributed by atoms with Gasteiger partial charge >= 0.3 is 0 Å². The number of hydrogen-bond donors (Lipinski definition) is 1. The van der Waals surface area contributed by atoms with Crippen LogP contribution in [0.25, 0.3) is 0 Å². The molecule has 1 N–H and O–H groups in total. The molecule has 108 valence electrons. The van der Waals surface area contributed by atoms with Gasteiger partial charge in [0, 0.05) is 0 Å². The van der Waals surface area contributed by atoms with Gasteiger partial charge < -0.3 is 4.74 Å². The summed E-state index contributed by atoms with van der Waals surface area (Å²) in [6.07, 6.45) is 1.48. The zero-order valence-electron chi connectivity index (χ0n) is 11.1. The molecule has 21 heavy (non-hydrogen) atoms. The normalized spacial score (nSPS) is 10.6. The summed E-state index contributed by atoms with van der Waals surface area (Å²) in [6.45, 7) is 0. The van der Waals surface area contributed by atoms with Crippen molar-refractivity contribution in [3.63, 3.8) is 0 Å². The number of methoxy groups -OCH3 is 1. The molecule has 0 saturated heterocycles. The molecule has 0 radical (unpaired) electrons. The molecule has 0 unspecified atom stereocenters. The molecule has 0 atom stereocenters. The van der Waals surface area contributed by atoms with Crippen molar-refractivity contribution >= 4 is 35.3 Å². The van der Waals surface area contributed by atoms with Crippen molar-refractivity contribution in [1.82, 2.24) is 5.43 Å². The fraction of sp³-hybridized carbons (Fsp3) is 0.0667. The maximum atomic E-state index is 12.0. The lowest BCUT2D eigenvalue weighted by Gasteiger charge is -2.05. The molecule has 2 rings (SSSR count). The number of carbonyl (C=O) groups is 1. The van der Waals surface area contributed by atoms with E-state index in [0.717, 1.165) is 5.56 Å². The molecular formula is C15H12Cl2N2O2. The molecule has 2 aromatic carbocycles. The first-order valence-electron chi connectivity index (χ1n) is 6.03. The SMILES string of the molecule is COc1ccccc1C(=O)NN=Cc1ccc(Cl)c(Cl)c1. The average Bonchev–Trinajstić information content (AvgIpc) is 2.50. The summed E-state index contributed by atoms with van der Waals surface area (Å²) in [7, 11) is 1.51. The second-order valence-corrected chi connectivity index (χ2v) is 4.89. The second-order valence-electron chi connectivity index (χ2n) is 4.07. The van der Waals surface area contributed by atoms with E-state index in [9.17, 15) is 4.79 Å². The quantitative estimate of drug-likeness (QED) is 0.688. The van der Waals surface area contributed by atoms with Crippen molar-refractivity contribution in [2.24, 2.45) is 5.10 Å². The van der Waals surface area contributed by atoms with Crippen molar-refractivity contribution in [2.75, 3.05) is 7.11 Å². The van der Waals surface area contributed by atoms with Gasteiger partial charge in [0.25, 0.3) is 5.91 Å². The first kappa shape index (κ1) is 15.4. The Labute approximate surface area is 132 Å². The van der Waals surface area contributed by atoms with Crippen LogP contribution in [0.4, 0.5) is 0 Å². The van der Waals surface area contributed by atoms with Gasteiger partial charge in [0.15, 0.2) is 0 Å². The van der Waals surface area contributed by atoms with Crippen molar-refractivity contribution in [1.29, 1.82) is 0 Å². The third-order valence-corrected chi connectivity index (χ3v) is 3.41. The Morgan fingerprint density at radius 1 is 1.19 bits per heavy atom. The lowest BCUT2D eigenvalue weighted by atomic mass is 10.2. The Kier molecular flexibility index (Phi) is 5.20. The number of ether oxygens (including phenoxy) is 1. The lowest BCUT2D eigenvalue weighted by molar-refractivity contribution is 0.0952. The predicted molar refractivity (Wildman–Crippen MR) is 84.5 cm³/mol. The number of hydrogen-bond acceptors (Lipinski definition) is 3. The summed E-state index contributed by atoms with van der Waals surface area (Å²) < 4.78 is 5.12. The fourth-order valence-corrected chi connectivity index (χ4v) is 1.96. The first-order chi connectivity index (χ1) is 10.1. The monoisotopic (exact) mass is 322 g/mol. The summed E-state index contributed by atoms with van der Waals surface area (Å²) in [5.74, 6) is 0.128. The van der Waals surface area contributed by atoms with Crippen LogP contribution in [0.3, 0.4) is 0 Å². The molecule has 0 spiro atoms. The van der Waals surface area contributed by atoms with Gasteiger partial charge in [0.05, 0.1) is 28.9 Å². The number of nitrogens with one attached hydrogen (secondary N) is 1. The Morgan fingerprint density at radius 2 is 1.95 bits per heavy atom. The van der Waals surface area contributed by atoms with Gasteiger partial charge in [0.1, 0.15) is 5.75 Å². The molecule has 0 fully saturated rings. The molecule has 4 nitrogen and oxygen atoms in total. The number of halogens is 2. The minimum atomic E-state index is -0.358. The standard InChI is InChI=1S/C15H12Cl2N2O2/c1-21-14-5-3-2-4-11(14)15(20)19-18-9-10-6-7-12(16)13(17)8-10/h2-9H,1H3,(H,19,20). The van der Waals surface area contributed by atoms with Gasteiger partial charge in [-0.25, -0.2) is 5.43 Å². The van der Waals surface area contributed by atoms with E-state index in [4.69, 9.17) is 27.9 Å². The molecule has 0 heterocycles. The van der Waals surface area contributed by atoms with E-state index in [-0.39, 0.29) is 5.91 Å². The maximum Gasteiger partial charge on any atom is 0.275 e. The van der Waals surface area contributed by atoms with Crippen LogP contribution in [0.15, 0.2) is 47.6 Å². The van der Waals surface area contributed by atoms with Gasteiger partial charge in [-0.2, -0.15) is 5.10 Å². The molecule has 0 bridgehead atoms. The van der Waals surface area contributed by atoms with E-state index >= 15 is 0 Å². The van der Waals surface area contributed by atoms with Gasteiger partial charge in [-0.05, 0) is 29.8 Å². The van der Waals surface area contributed by atoms with E-state index < -0.39 is 0 Å². The van der Waals surface area contributed by atoms with Crippen LogP contribution in [0, 0.1) is 0 Å². The topological polar surface area (TPSA) is 50.7 Å². The zero-order valence-corrected chi connectivity index (χ0v) is 12.7. The van der Waals surface area contributed by atoms with E-state index in [1.165, 1.54) is 13.3 Å². The van der Waals surface area contributed by atoms with E-state index in [1.807, 2.05) is 0 Å². The Balaban J connectivity index is 2.06. The summed E-state index contributed by atoms with van der Waals surface area (Å²) in [4.78, 5) is 12.0. The van der Waals surface area contributed by atoms with Crippen molar-refractivity contribution in [3.8, 4) is 5.75 Å². The Hall–Kier alpha value is -2.04. The van der Waals surface area contributed by atoms with Crippen LogP contribution in [-0.4, -0.2) is 19.2 Å². The van der Waals surface area contributed by atoms with Gasteiger partial charge in [-0.3, -0.25) is 4.79 Å². The van der Waals surface area contributed by atoms with Crippen LogP contribution in [0.2, 0.25) is 10.0 Å². The number of carbonyl (C=O) groups excluding carboxylic acids is 1. The van der Waals surface area contributed by atoms with Crippen LogP contribution < -0.4 is 10.2 Å². The van der Waals surface area contributed by atoms with E-state index in [2.05, 4.69) is 10.5 Å². The summed E-state index contributed by atoms with van der Waals surface area (Å²) in [6, 6.07) is 12.0. The third kappa shape index (κ3) is 3.97. The number of para-hydroxylation sites is 1. The smallest absolute Gasteiger partial charge is 0.275 e. The number of nitrogens with zero attached hydrogens (tertiary/aromatic N) is 1. The Morgan fingerprint density at radius 3 is 2.67 bits per heavy atom. The molecular weight excluding hydrogens is 311 g/mol. The molecule has 0 aliphatic rings. The van der Waals surface area contributed by atoms with Gasteiger partial charge in [0.2, 0.25) is 0 Å². The average molecular weight is 323 g/mol. The second kappa shape index (κ2) is 7.11. The largest absolute Gasteiger partial charge is 0.496 e. The fourth-order valence-electron chi connectivity index (χ4n) is 1.65. The highest BCUT2D eigenvalue weighted by Gasteiger charge is 2.09. The summed E-state index contributed by atoms with van der Waals surface area (Å²) in [5, 5.41) is 4.77. The lowest BCUT2D eigenvalue weighted by Crippen LogP contribution is -2.18. The minimum Gasteiger partial charge on any atom is -0.496 e. The van der Waals surface area contributed by atoms with Crippen molar-refractivity contribution < 1.29 is 9.53 Å². The number of rotatable bonds is 4. The minimum absolute atomic E-state index is 0.358. The highest BCUT2D eigenvalue weighted by Crippen LogP contribution is 2.21. The highest BCUT2D eigenvalue weighted by molar-refractivity contribution is 6.42. The van der Waals surface area contributed by atoms with Crippen molar-refractivity contribution in [2.45, 2.75) is 0 Å². The molecule has 1 amide bonds. The molecule has 0 aliphatic carbocycles. The maximum absolute atomic E-state index is 12.0. The van der Waals surface area contributed by atoms with Crippen LogP contribution in [0.5, 0.6) is 5.75 Å². The summed E-state index contributed by atoms with van der Waals surface area (Å²) >= 11 is 11.7. The third-order valence-electron chi connectivity index (χ3n) is 2.67. The zero-order chi connectivity index (χ0) is 15.2. The van der Waals surface area contributed by atoms with Crippen molar-refractivity contribution in [3.05, 3.63) is 63.6 Å². The van der Waals surface area contributed by atoms with Crippen LogP contribution in [-0.2, 0) is 0 Å². The van der Waals surface area contributed by atoms with Crippen LogP contribution >= 0.6 is 23.2 Å². The summed E-state index contributed by atoms with van der Waals surface area (Å²) in [5.41, 5.74) is 3.57. The molecule has 6 heteroatoms. The molecule has 0 saturated carbocycles. The molecule has 0 aliphatic heterocycles. The number of amides is 1. The number of benzene rings is 2. The molecule has 0 aromatic heterocycles. The number of hydrazone groups is 1. The molecule has 2 aromatic rings. The highest BCUT2D eigenvalue weighted by atomic mass is 35.5. The predicted octanol–water partition coefficient (Wildman–Crippen LogP) is 3.77. The van der Waals surface area contributed by atoms with E-state index in [1.54, 1.807) is 42.5 Å². The van der Waals surface area contributed by atoms with Gasteiger partial charge in [-0.15, -0.1) is 0 Å². The van der Waals surface area contributed by atoms with Crippen LogP contribution in [0.1, 0.15) is 15.9 Å². The van der Waals surface area contributed by atoms with E-state index in [0.29, 0.717) is 21.4 Å².